The van der Waals surface area contributed by atoms with Crippen molar-refractivity contribution in [3.8, 4) is 0 Å². The number of nitrogens with one attached hydrogen (secondary N) is 1. The molecule has 1 amide bonds. The molecule has 0 saturated heterocycles. The lowest BCUT2D eigenvalue weighted by Crippen LogP contribution is -2.20. The third-order valence-corrected chi connectivity index (χ3v) is 5.38. The molecule has 0 rings (SSSR count). The molecule has 11 nitrogen and oxygen atoms in total. The largest absolute Gasteiger partial charge is 0.756 e. The van der Waals surface area contributed by atoms with Gasteiger partial charge in [0.1, 0.15) is 0 Å². The fraction of sp³-hybridized carbons (Fsp3) is 0.944. The second kappa shape index (κ2) is 24.3. The molecular formula is C18H42N2O9P2-2. The van der Waals surface area contributed by atoms with Crippen molar-refractivity contribution in [2.24, 2.45) is 5.73 Å². The normalized spacial score (nSPS) is 14.2. The first-order valence-corrected chi connectivity index (χ1v) is 13.5. The zero-order chi connectivity index (χ0) is 24.6. The summed E-state index contributed by atoms with van der Waals surface area (Å²) in [6, 6.07) is 0. The van der Waals surface area contributed by atoms with Crippen molar-refractivity contribution in [2.45, 2.75) is 72.1 Å². The van der Waals surface area contributed by atoms with Crippen LogP contribution in [0.4, 0.5) is 0 Å². The van der Waals surface area contributed by atoms with E-state index in [4.69, 9.17) is 5.73 Å². The number of unbranched alkanes of at least 4 members (excludes halogenated alkanes) is 6. The van der Waals surface area contributed by atoms with Crippen molar-refractivity contribution < 1.29 is 41.8 Å². The summed E-state index contributed by atoms with van der Waals surface area (Å²) in [5.74, 6) is -0.0317. The first kappa shape index (κ1) is 35.2. The molecular weight excluding hydrogens is 450 g/mol. The number of nitrogens with two attached hydrogens (primary N) is 1. The molecule has 2 atom stereocenters. The zero-order valence-corrected chi connectivity index (χ0v) is 21.4. The number of rotatable bonds is 17. The Morgan fingerprint density at radius 1 is 0.806 bits per heavy atom. The van der Waals surface area contributed by atoms with E-state index in [9.17, 15) is 23.7 Å². The lowest BCUT2D eigenvalue weighted by Gasteiger charge is -2.19. The Morgan fingerprint density at radius 3 is 1.55 bits per heavy atom. The molecule has 0 aliphatic heterocycles. The molecule has 0 aliphatic rings. The van der Waals surface area contributed by atoms with Gasteiger partial charge in [0.15, 0.2) is 0 Å². The van der Waals surface area contributed by atoms with Crippen LogP contribution in [0.1, 0.15) is 72.1 Å². The number of carbonyl (C=O) groups excluding carboxylic acids is 1. The summed E-state index contributed by atoms with van der Waals surface area (Å²) >= 11 is 0. The minimum absolute atomic E-state index is 0.0317. The third-order valence-electron chi connectivity index (χ3n) is 3.49. The maximum atomic E-state index is 10.7. The van der Waals surface area contributed by atoms with E-state index in [1.165, 1.54) is 6.92 Å². The summed E-state index contributed by atoms with van der Waals surface area (Å²) in [6.07, 6.45) is 6.98. The van der Waals surface area contributed by atoms with Gasteiger partial charge in [-0.15, -0.1) is 0 Å². The van der Waals surface area contributed by atoms with Crippen LogP contribution < -0.4 is 20.8 Å². The molecule has 2 unspecified atom stereocenters. The predicted octanol–water partition coefficient (Wildman–Crippen LogP) is 2.48. The third kappa shape index (κ3) is 31.9. The second-order valence-electron chi connectivity index (χ2n) is 6.03. The second-order valence-corrected chi connectivity index (χ2v) is 9.06. The summed E-state index contributed by atoms with van der Waals surface area (Å²) in [4.78, 5) is 31.9. The maximum Gasteiger partial charge on any atom is 0.267 e. The van der Waals surface area contributed by atoms with Crippen LogP contribution in [0.15, 0.2) is 0 Å². The Hall–Kier alpha value is -0.350. The van der Waals surface area contributed by atoms with Crippen molar-refractivity contribution in [3.05, 3.63) is 0 Å². The first-order valence-electron chi connectivity index (χ1n) is 10.6. The molecule has 0 aromatic heterocycles. The van der Waals surface area contributed by atoms with E-state index in [0.29, 0.717) is 19.5 Å². The Kier molecular flexibility index (Phi) is 27.6. The van der Waals surface area contributed by atoms with Gasteiger partial charge in [0.2, 0.25) is 5.91 Å². The van der Waals surface area contributed by atoms with Gasteiger partial charge in [0.25, 0.3) is 15.6 Å². The van der Waals surface area contributed by atoms with E-state index in [-0.39, 0.29) is 19.1 Å². The van der Waals surface area contributed by atoms with Crippen molar-refractivity contribution in [1.82, 2.24) is 5.32 Å². The summed E-state index contributed by atoms with van der Waals surface area (Å²) < 4.78 is 38.7. The summed E-state index contributed by atoms with van der Waals surface area (Å²) in [7, 11) is -5.90. The Balaban J connectivity index is -0.000000476. The van der Waals surface area contributed by atoms with Gasteiger partial charge >= 0.3 is 0 Å². The smallest absolute Gasteiger partial charge is 0.267 e. The van der Waals surface area contributed by atoms with Crippen molar-refractivity contribution in [1.29, 1.82) is 0 Å². The van der Waals surface area contributed by atoms with Crippen LogP contribution in [0, 0.1) is 0 Å². The van der Waals surface area contributed by atoms with Crippen LogP contribution in [0.25, 0.3) is 0 Å². The Labute approximate surface area is 187 Å². The standard InChI is InChI=1S/C9H20NO5P.C7H18NO4P.C2H6/c1-9(11)10-7-5-3-4-6-8-15-16(12,13)14-2;1-11-13(9,10)12-7-5-3-2-4-6-8;1-2/h3-8H2,1-2H3,(H,10,11)(H,12,13);2-8H2,1H3,(H,9,10);1-2H3/p-2. The van der Waals surface area contributed by atoms with Crippen LogP contribution in [0.5, 0.6) is 0 Å². The molecule has 0 fully saturated rings. The lowest BCUT2D eigenvalue weighted by atomic mass is 10.2. The fourth-order valence-electron chi connectivity index (χ4n) is 1.90. The van der Waals surface area contributed by atoms with E-state index < -0.39 is 15.6 Å². The van der Waals surface area contributed by atoms with Gasteiger partial charge in [-0.3, -0.25) is 13.9 Å². The van der Waals surface area contributed by atoms with Gasteiger partial charge in [-0.2, -0.15) is 0 Å². The molecule has 0 saturated carbocycles. The SMILES string of the molecule is CC.COP(=O)([O-])OCCCCCCN.COP(=O)([O-])OCCCCCCNC(C)=O. The number of phosphoric acid groups is 2. The number of hydrogen-bond donors (Lipinski definition) is 2. The highest BCUT2D eigenvalue weighted by molar-refractivity contribution is 7.46. The molecule has 0 radical (unpaired) electrons. The Morgan fingerprint density at radius 2 is 1.19 bits per heavy atom. The minimum Gasteiger partial charge on any atom is -0.756 e. The summed E-state index contributed by atoms with van der Waals surface area (Å²) in [5, 5.41) is 2.69. The lowest BCUT2D eigenvalue weighted by molar-refractivity contribution is -0.224. The van der Waals surface area contributed by atoms with Crippen molar-refractivity contribution >= 4 is 21.6 Å². The first-order chi connectivity index (χ1) is 14.6. The van der Waals surface area contributed by atoms with Crippen LogP contribution in [0.3, 0.4) is 0 Å². The zero-order valence-electron chi connectivity index (χ0n) is 19.6. The van der Waals surface area contributed by atoms with Gasteiger partial charge in [-0.05, 0) is 32.2 Å². The van der Waals surface area contributed by atoms with Gasteiger partial charge in [0, 0.05) is 27.7 Å². The highest BCUT2D eigenvalue weighted by atomic mass is 31.2. The van der Waals surface area contributed by atoms with Crippen LogP contribution in [0.2, 0.25) is 0 Å². The number of hydrogen-bond acceptors (Lipinski definition) is 10. The average molecular weight is 492 g/mol. The quantitative estimate of drug-likeness (QED) is 0.227. The summed E-state index contributed by atoms with van der Waals surface area (Å²) in [5.41, 5.74) is 5.29. The van der Waals surface area contributed by atoms with Gasteiger partial charge in [-0.1, -0.05) is 39.5 Å². The highest BCUT2D eigenvalue weighted by Crippen LogP contribution is 2.37. The van der Waals surface area contributed by atoms with Crippen LogP contribution in [-0.4, -0.2) is 46.4 Å². The molecule has 190 valence electrons. The van der Waals surface area contributed by atoms with E-state index in [0.717, 1.165) is 59.2 Å². The molecule has 0 heterocycles. The molecule has 31 heavy (non-hydrogen) atoms. The highest BCUT2D eigenvalue weighted by Gasteiger charge is 2.05. The van der Waals surface area contributed by atoms with Crippen LogP contribution in [-0.2, 0) is 32.0 Å². The molecule has 0 aromatic carbocycles. The molecule has 3 N–H and O–H groups in total. The van der Waals surface area contributed by atoms with E-state index in [1.807, 2.05) is 13.8 Å². The maximum absolute atomic E-state index is 10.7. The van der Waals surface area contributed by atoms with Gasteiger partial charge in [-0.25, -0.2) is 0 Å². The topological polar surface area (TPSA) is 172 Å². The van der Waals surface area contributed by atoms with Crippen molar-refractivity contribution in [2.75, 3.05) is 40.5 Å². The molecule has 0 bridgehead atoms. The molecule has 0 aromatic rings. The molecule has 13 heteroatoms. The van der Waals surface area contributed by atoms with Crippen LogP contribution >= 0.6 is 15.6 Å². The van der Waals surface area contributed by atoms with Crippen molar-refractivity contribution in [3.63, 3.8) is 0 Å². The number of phosphoric ester groups is 2. The van der Waals surface area contributed by atoms with Gasteiger partial charge < -0.3 is 38.9 Å². The number of carbonyl (C=O) groups is 1. The van der Waals surface area contributed by atoms with E-state index in [2.05, 4.69) is 23.4 Å². The predicted molar refractivity (Wildman–Crippen MR) is 117 cm³/mol. The molecule has 0 aliphatic carbocycles. The average Bonchev–Trinajstić information content (AvgIpc) is 2.74. The minimum atomic E-state index is -4.05. The Bertz CT molecular complexity index is 497. The van der Waals surface area contributed by atoms with E-state index >= 15 is 0 Å². The summed E-state index contributed by atoms with van der Waals surface area (Å²) in [6.45, 7) is 7.16. The van der Waals surface area contributed by atoms with Gasteiger partial charge in [0.05, 0.1) is 13.2 Å². The fourth-order valence-corrected chi connectivity index (χ4v) is 2.82. The monoisotopic (exact) mass is 492 g/mol. The molecule has 0 spiro atoms. The van der Waals surface area contributed by atoms with E-state index in [1.54, 1.807) is 0 Å². The number of amides is 1.